The third-order valence-electron chi connectivity index (χ3n) is 10.8. The number of esters is 2. The van der Waals surface area contributed by atoms with E-state index >= 15 is 0 Å². The van der Waals surface area contributed by atoms with Gasteiger partial charge >= 0.3 is 25.7 Å². The van der Waals surface area contributed by atoms with Crippen LogP contribution in [0.2, 0.25) is 0 Å². The highest BCUT2D eigenvalue weighted by atomic mass is 31.2. The number of carbonyl (C=O) groups is 3. The molecular formula is C47H90NO10P. The van der Waals surface area contributed by atoms with Crippen LogP contribution >= 0.6 is 7.82 Å². The maximum Gasteiger partial charge on any atom is 0.472 e. The van der Waals surface area contributed by atoms with Crippen molar-refractivity contribution in [3.63, 3.8) is 0 Å². The van der Waals surface area contributed by atoms with E-state index in [1.165, 1.54) is 154 Å². The van der Waals surface area contributed by atoms with Crippen LogP contribution in [0.25, 0.3) is 0 Å². The monoisotopic (exact) mass is 860 g/mol. The van der Waals surface area contributed by atoms with Crippen LogP contribution in [0, 0.1) is 0 Å². The molecule has 0 aliphatic carbocycles. The summed E-state index contributed by atoms with van der Waals surface area (Å²) in [5.74, 6) is -2.38. The third-order valence-corrected chi connectivity index (χ3v) is 11.7. The standard InChI is InChI=1S/C47H90NO10P/c1-3-5-7-9-11-13-15-17-19-20-21-22-23-25-27-29-31-33-35-37-39-46(50)58-43(41-56-59(53,54)57-42-44(48)47(51)52)40-55-45(49)38-36-34-32-30-28-26-24-18-16-14-12-10-8-6-4-2/h26,28,43-44H,3-25,27,29-42,48H2,1-2H3,(H,51,52)(H,53,54)/b28-26+/t43-,44+/m1/s1. The molecule has 4 N–H and O–H groups in total. The molecular weight excluding hydrogens is 769 g/mol. The van der Waals surface area contributed by atoms with E-state index in [1.54, 1.807) is 0 Å². The molecule has 3 atom stereocenters. The number of carboxylic acid groups (broad SMARTS) is 1. The first kappa shape index (κ1) is 57.2. The molecule has 0 saturated heterocycles. The zero-order valence-electron chi connectivity index (χ0n) is 37.9. The number of aliphatic carboxylic acids is 1. The molecule has 0 aromatic heterocycles. The Kier molecular flexibility index (Phi) is 41.6. The minimum atomic E-state index is -4.72. The van der Waals surface area contributed by atoms with Crippen molar-refractivity contribution in [1.82, 2.24) is 0 Å². The predicted octanol–water partition coefficient (Wildman–Crippen LogP) is 13.2. The average Bonchev–Trinajstić information content (AvgIpc) is 3.21. The zero-order valence-corrected chi connectivity index (χ0v) is 38.8. The molecule has 0 fully saturated rings. The summed E-state index contributed by atoms with van der Waals surface area (Å²) in [7, 11) is -4.72. The number of allylic oxidation sites excluding steroid dienone is 2. The number of ether oxygens (including phenoxy) is 2. The van der Waals surface area contributed by atoms with Crippen molar-refractivity contribution in [3.05, 3.63) is 12.2 Å². The van der Waals surface area contributed by atoms with Gasteiger partial charge in [0.05, 0.1) is 13.2 Å². The first-order chi connectivity index (χ1) is 28.6. The van der Waals surface area contributed by atoms with Gasteiger partial charge in [-0.3, -0.25) is 23.4 Å². The van der Waals surface area contributed by atoms with Gasteiger partial charge < -0.3 is 25.2 Å². The van der Waals surface area contributed by atoms with Crippen molar-refractivity contribution in [3.8, 4) is 0 Å². The van der Waals surface area contributed by atoms with Gasteiger partial charge in [-0.2, -0.15) is 0 Å². The van der Waals surface area contributed by atoms with Gasteiger partial charge in [-0.15, -0.1) is 0 Å². The van der Waals surface area contributed by atoms with Crippen LogP contribution in [0.4, 0.5) is 0 Å². The molecule has 0 saturated carbocycles. The number of phosphoric acid groups is 1. The largest absolute Gasteiger partial charge is 0.480 e. The number of carbonyl (C=O) groups excluding carboxylic acids is 2. The molecule has 0 rings (SSSR count). The van der Waals surface area contributed by atoms with Crippen molar-refractivity contribution >= 4 is 25.7 Å². The number of unbranched alkanes of at least 4 members (excludes halogenated alkanes) is 30. The molecule has 348 valence electrons. The molecule has 0 aromatic rings. The number of hydrogen-bond donors (Lipinski definition) is 3. The van der Waals surface area contributed by atoms with E-state index in [4.69, 9.17) is 24.8 Å². The van der Waals surface area contributed by atoms with Gasteiger partial charge in [-0.1, -0.05) is 199 Å². The molecule has 0 spiro atoms. The Balaban J connectivity index is 4.26. The van der Waals surface area contributed by atoms with Crippen LogP contribution in [-0.4, -0.2) is 59.9 Å². The lowest BCUT2D eigenvalue weighted by atomic mass is 10.0. The van der Waals surface area contributed by atoms with Crippen molar-refractivity contribution < 1.29 is 47.5 Å². The van der Waals surface area contributed by atoms with Gasteiger partial charge in [0, 0.05) is 12.8 Å². The first-order valence-corrected chi connectivity index (χ1v) is 25.7. The van der Waals surface area contributed by atoms with E-state index in [0.29, 0.717) is 12.8 Å². The molecule has 0 aliphatic rings. The first-order valence-electron chi connectivity index (χ1n) is 24.2. The number of carboxylic acids is 1. The number of nitrogens with two attached hydrogens (primary N) is 1. The fourth-order valence-corrected chi connectivity index (χ4v) is 7.72. The minimum Gasteiger partial charge on any atom is -0.480 e. The van der Waals surface area contributed by atoms with Gasteiger partial charge in [-0.05, 0) is 38.5 Å². The summed E-state index contributed by atoms with van der Waals surface area (Å²) in [4.78, 5) is 46.1. The SMILES string of the molecule is CCCCCCCCCC/C=C/CCCCCC(=O)OC[C@H](COP(=O)(O)OC[C@H](N)C(=O)O)OC(=O)CCCCCCCCCCCCCCCCCCCCCC. The zero-order chi connectivity index (χ0) is 43.5. The van der Waals surface area contributed by atoms with E-state index in [1.807, 2.05) is 0 Å². The lowest BCUT2D eigenvalue weighted by molar-refractivity contribution is -0.161. The molecule has 1 unspecified atom stereocenters. The highest BCUT2D eigenvalue weighted by Crippen LogP contribution is 2.43. The summed E-state index contributed by atoms with van der Waals surface area (Å²) >= 11 is 0. The number of phosphoric ester groups is 1. The molecule has 11 nitrogen and oxygen atoms in total. The van der Waals surface area contributed by atoms with Gasteiger partial charge in [-0.25, -0.2) is 4.57 Å². The molecule has 0 heterocycles. The Labute approximate surface area is 360 Å². The summed E-state index contributed by atoms with van der Waals surface area (Å²) in [6.07, 6.45) is 44.2. The van der Waals surface area contributed by atoms with Crippen molar-refractivity contribution in [1.29, 1.82) is 0 Å². The molecule has 0 amide bonds. The maximum absolute atomic E-state index is 12.7. The Morgan fingerprint density at radius 1 is 0.508 bits per heavy atom. The fourth-order valence-electron chi connectivity index (χ4n) is 6.94. The molecule has 0 aliphatic heterocycles. The Hall–Kier alpha value is -1.78. The summed E-state index contributed by atoms with van der Waals surface area (Å²) in [6, 6.07) is -1.52. The van der Waals surface area contributed by atoms with Crippen LogP contribution in [0.3, 0.4) is 0 Å². The van der Waals surface area contributed by atoms with Crippen LogP contribution in [0.15, 0.2) is 12.2 Å². The topological polar surface area (TPSA) is 172 Å². The van der Waals surface area contributed by atoms with E-state index in [-0.39, 0.29) is 19.4 Å². The van der Waals surface area contributed by atoms with E-state index in [9.17, 15) is 23.8 Å². The van der Waals surface area contributed by atoms with Crippen LogP contribution in [0.1, 0.15) is 239 Å². The highest BCUT2D eigenvalue weighted by Gasteiger charge is 2.28. The lowest BCUT2D eigenvalue weighted by Crippen LogP contribution is -2.34. The Morgan fingerprint density at radius 3 is 1.25 bits per heavy atom. The van der Waals surface area contributed by atoms with E-state index < -0.39 is 51.1 Å². The maximum atomic E-state index is 12.7. The summed E-state index contributed by atoms with van der Waals surface area (Å²) in [6.45, 7) is 2.83. The second-order valence-corrected chi connectivity index (χ2v) is 18.1. The van der Waals surface area contributed by atoms with Crippen LogP contribution < -0.4 is 5.73 Å². The quantitative estimate of drug-likeness (QED) is 0.0230. The van der Waals surface area contributed by atoms with Gasteiger partial charge in [0.25, 0.3) is 0 Å². The van der Waals surface area contributed by atoms with Gasteiger partial charge in [0.1, 0.15) is 12.6 Å². The Morgan fingerprint density at radius 2 is 0.847 bits per heavy atom. The van der Waals surface area contributed by atoms with E-state index in [2.05, 4.69) is 30.5 Å². The molecule has 0 aromatic carbocycles. The fraction of sp³-hybridized carbons (Fsp3) is 0.894. The molecule has 12 heteroatoms. The number of hydrogen-bond acceptors (Lipinski definition) is 9. The van der Waals surface area contributed by atoms with Gasteiger partial charge in [0.2, 0.25) is 0 Å². The predicted molar refractivity (Wildman–Crippen MR) is 240 cm³/mol. The smallest absolute Gasteiger partial charge is 0.472 e. The van der Waals surface area contributed by atoms with Crippen LogP contribution in [0.5, 0.6) is 0 Å². The van der Waals surface area contributed by atoms with Crippen molar-refractivity contribution in [2.24, 2.45) is 5.73 Å². The lowest BCUT2D eigenvalue weighted by Gasteiger charge is -2.20. The summed E-state index contributed by atoms with van der Waals surface area (Å²) in [5, 5.41) is 8.90. The molecule has 0 bridgehead atoms. The van der Waals surface area contributed by atoms with Crippen LogP contribution in [-0.2, 0) is 37.5 Å². The van der Waals surface area contributed by atoms with Crippen molar-refractivity contribution in [2.45, 2.75) is 251 Å². The second kappa shape index (κ2) is 42.9. The minimum absolute atomic E-state index is 0.164. The van der Waals surface area contributed by atoms with E-state index in [0.717, 1.165) is 44.9 Å². The summed E-state index contributed by atoms with van der Waals surface area (Å²) < 4.78 is 32.8. The van der Waals surface area contributed by atoms with Gasteiger partial charge in [0.15, 0.2) is 6.10 Å². The third kappa shape index (κ3) is 42.7. The molecule has 59 heavy (non-hydrogen) atoms. The van der Waals surface area contributed by atoms with Crippen molar-refractivity contribution in [2.75, 3.05) is 19.8 Å². The highest BCUT2D eigenvalue weighted by molar-refractivity contribution is 7.47. The summed E-state index contributed by atoms with van der Waals surface area (Å²) in [5.41, 5.74) is 5.34. The Bertz CT molecular complexity index is 1060. The molecule has 0 radical (unpaired) electrons. The second-order valence-electron chi connectivity index (χ2n) is 16.6. The normalized spacial score (nSPS) is 13.7. The average molecular weight is 860 g/mol. The number of rotatable bonds is 46.